The van der Waals surface area contributed by atoms with Gasteiger partial charge in [-0.1, -0.05) is 12.1 Å². The molecule has 2 aromatic rings. The standard InChI is InChI=1S/C14H20N2/c1-10-5-6-12-11(2)13(7-8-15-3)16(4)14(12)9-10/h5-6,9,15H,7-8H2,1-4H3. The molecule has 0 atom stereocenters. The van der Waals surface area contributed by atoms with Crippen molar-refractivity contribution in [3.05, 3.63) is 35.0 Å². The van der Waals surface area contributed by atoms with E-state index >= 15 is 0 Å². The molecule has 2 heteroatoms. The summed E-state index contributed by atoms with van der Waals surface area (Å²) in [5.41, 5.74) is 5.54. The number of hydrogen-bond acceptors (Lipinski definition) is 1. The van der Waals surface area contributed by atoms with Crippen LogP contribution in [0.3, 0.4) is 0 Å². The van der Waals surface area contributed by atoms with E-state index in [0.717, 1.165) is 13.0 Å². The lowest BCUT2D eigenvalue weighted by molar-refractivity contribution is 0.742. The second kappa shape index (κ2) is 4.30. The van der Waals surface area contributed by atoms with Gasteiger partial charge in [0.05, 0.1) is 0 Å². The first-order valence-electron chi connectivity index (χ1n) is 5.84. The molecule has 0 saturated heterocycles. The summed E-state index contributed by atoms with van der Waals surface area (Å²) >= 11 is 0. The number of aromatic nitrogens is 1. The van der Waals surface area contributed by atoms with Gasteiger partial charge in [0.15, 0.2) is 0 Å². The number of fused-ring (bicyclic) bond motifs is 1. The van der Waals surface area contributed by atoms with Crippen molar-refractivity contribution in [2.24, 2.45) is 7.05 Å². The van der Waals surface area contributed by atoms with E-state index in [0.29, 0.717) is 0 Å². The Hall–Kier alpha value is -1.28. The zero-order valence-corrected chi connectivity index (χ0v) is 10.6. The molecule has 0 bridgehead atoms. The minimum Gasteiger partial charge on any atom is -0.347 e. The van der Waals surface area contributed by atoms with E-state index in [1.165, 1.54) is 27.7 Å². The molecule has 2 nitrogen and oxygen atoms in total. The molecule has 2 rings (SSSR count). The Morgan fingerprint density at radius 1 is 1.25 bits per heavy atom. The highest BCUT2D eigenvalue weighted by Crippen LogP contribution is 2.25. The van der Waals surface area contributed by atoms with Gasteiger partial charge >= 0.3 is 0 Å². The molecule has 0 aliphatic heterocycles. The first-order valence-corrected chi connectivity index (χ1v) is 5.84. The molecule has 0 amide bonds. The van der Waals surface area contributed by atoms with Crippen LogP contribution in [-0.4, -0.2) is 18.2 Å². The monoisotopic (exact) mass is 216 g/mol. The van der Waals surface area contributed by atoms with Crippen LogP contribution < -0.4 is 5.32 Å². The number of benzene rings is 1. The molecule has 0 radical (unpaired) electrons. The average Bonchev–Trinajstić information content (AvgIpc) is 2.50. The highest BCUT2D eigenvalue weighted by molar-refractivity contribution is 5.85. The summed E-state index contributed by atoms with van der Waals surface area (Å²) in [5.74, 6) is 0. The van der Waals surface area contributed by atoms with Crippen LogP contribution in [0, 0.1) is 13.8 Å². The quantitative estimate of drug-likeness (QED) is 0.834. The molecule has 0 unspecified atom stereocenters. The minimum absolute atomic E-state index is 1.03. The van der Waals surface area contributed by atoms with Crippen LogP contribution in [-0.2, 0) is 13.5 Å². The zero-order chi connectivity index (χ0) is 11.7. The number of rotatable bonds is 3. The van der Waals surface area contributed by atoms with Gasteiger partial charge in [0.2, 0.25) is 0 Å². The van der Waals surface area contributed by atoms with Gasteiger partial charge in [-0.05, 0) is 38.1 Å². The van der Waals surface area contributed by atoms with Crippen molar-refractivity contribution in [2.75, 3.05) is 13.6 Å². The van der Waals surface area contributed by atoms with Crippen LogP contribution >= 0.6 is 0 Å². The lowest BCUT2D eigenvalue weighted by Crippen LogP contribution is -2.12. The van der Waals surface area contributed by atoms with Crippen molar-refractivity contribution in [1.29, 1.82) is 0 Å². The number of nitrogens with zero attached hydrogens (tertiary/aromatic N) is 1. The summed E-state index contributed by atoms with van der Waals surface area (Å²) in [6, 6.07) is 6.70. The highest BCUT2D eigenvalue weighted by atomic mass is 15.0. The molecule has 0 spiro atoms. The smallest absolute Gasteiger partial charge is 0.0485 e. The van der Waals surface area contributed by atoms with E-state index in [1.54, 1.807) is 0 Å². The largest absolute Gasteiger partial charge is 0.347 e. The predicted molar refractivity (Wildman–Crippen MR) is 70.0 cm³/mol. The highest BCUT2D eigenvalue weighted by Gasteiger charge is 2.10. The third-order valence-corrected chi connectivity index (χ3v) is 3.37. The molecular formula is C14H20N2. The van der Waals surface area contributed by atoms with E-state index in [9.17, 15) is 0 Å². The van der Waals surface area contributed by atoms with Crippen LogP contribution in [0.2, 0.25) is 0 Å². The molecule has 1 N–H and O–H groups in total. The van der Waals surface area contributed by atoms with Gasteiger partial charge in [-0.15, -0.1) is 0 Å². The molecule has 0 aliphatic carbocycles. The fourth-order valence-corrected chi connectivity index (χ4v) is 2.39. The fraction of sp³-hybridized carbons (Fsp3) is 0.429. The summed E-state index contributed by atoms with van der Waals surface area (Å²) in [5, 5.41) is 4.60. The molecule has 0 fully saturated rings. The Balaban J connectivity index is 2.57. The lowest BCUT2D eigenvalue weighted by atomic mass is 10.1. The van der Waals surface area contributed by atoms with Gasteiger partial charge < -0.3 is 9.88 Å². The zero-order valence-electron chi connectivity index (χ0n) is 10.6. The number of hydrogen-bond donors (Lipinski definition) is 1. The normalized spacial score (nSPS) is 11.2. The summed E-state index contributed by atoms with van der Waals surface area (Å²) in [6.07, 6.45) is 1.09. The molecule has 16 heavy (non-hydrogen) atoms. The minimum atomic E-state index is 1.03. The molecular weight excluding hydrogens is 196 g/mol. The molecule has 0 aliphatic rings. The van der Waals surface area contributed by atoms with Gasteiger partial charge in [0, 0.05) is 36.6 Å². The summed E-state index contributed by atoms with van der Waals surface area (Å²) < 4.78 is 2.33. The van der Waals surface area contributed by atoms with E-state index in [4.69, 9.17) is 0 Å². The average molecular weight is 216 g/mol. The first-order chi connectivity index (χ1) is 7.65. The SMILES string of the molecule is CNCCc1c(C)c2ccc(C)cc2n1C. The number of likely N-dealkylation sites (N-methyl/N-ethyl adjacent to an activating group) is 1. The predicted octanol–water partition coefficient (Wildman–Crippen LogP) is 2.56. The first kappa shape index (κ1) is 11.2. The second-order valence-electron chi connectivity index (χ2n) is 4.50. The molecule has 0 saturated carbocycles. The Morgan fingerprint density at radius 3 is 2.69 bits per heavy atom. The summed E-state index contributed by atoms with van der Waals surface area (Å²) in [6.45, 7) is 5.40. The molecule has 86 valence electrons. The van der Waals surface area contributed by atoms with Crippen molar-refractivity contribution < 1.29 is 0 Å². The summed E-state index contributed by atoms with van der Waals surface area (Å²) in [7, 11) is 4.17. The Morgan fingerprint density at radius 2 is 2.00 bits per heavy atom. The van der Waals surface area contributed by atoms with Crippen LogP contribution in [0.4, 0.5) is 0 Å². The third-order valence-electron chi connectivity index (χ3n) is 3.37. The van der Waals surface area contributed by atoms with Crippen LogP contribution in [0.1, 0.15) is 16.8 Å². The number of aryl methyl sites for hydroxylation is 3. The Kier molecular flexibility index (Phi) is 3.01. The summed E-state index contributed by atoms with van der Waals surface area (Å²) in [4.78, 5) is 0. The van der Waals surface area contributed by atoms with Crippen molar-refractivity contribution in [2.45, 2.75) is 20.3 Å². The van der Waals surface area contributed by atoms with Gasteiger partial charge in [0.25, 0.3) is 0 Å². The van der Waals surface area contributed by atoms with Crippen molar-refractivity contribution in [3.8, 4) is 0 Å². The van der Waals surface area contributed by atoms with E-state index in [1.807, 2.05) is 7.05 Å². The van der Waals surface area contributed by atoms with E-state index < -0.39 is 0 Å². The van der Waals surface area contributed by atoms with Crippen molar-refractivity contribution in [1.82, 2.24) is 9.88 Å². The van der Waals surface area contributed by atoms with Gasteiger partial charge in [-0.3, -0.25) is 0 Å². The van der Waals surface area contributed by atoms with Crippen molar-refractivity contribution >= 4 is 10.9 Å². The van der Waals surface area contributed by atoms with Crippen LogP contribution in [0.15, 0.2) is 18.2 Å². The second-order valence-corrected chi connectivity index (χ2v) is 4.50. The number of nitrogens with one attached hydrogen (secondary N) is 1. The molecule has 1 aromatic carbocycles. The maximum Gasteiger partial charge on any atom is 0.0485 e. The fourth-order valence-electron chi connectivity index (χ4n) is 2.39. The Bertz CT molecular complexity index is 509. The van der Waals surface area contributed by atoms with E-state index in [-0.39, 0.29) is 0 Å². The van der Waals surface area contributed by atoms with Gasteiger partial charge in [-0.25, -0.2) is 0 Å². The van der Waals surface area contributed by atoms with Crippen molar-refractivity contribution in [3.63, 3.8) is 0 Å². The third kappa shape index (κ3) is 1.74. The maximum absolute atomic E-state index is 3.21. The molecule has 1 heterocycles. The lowest BCUT2D eigenvalue weighted by Gasteiger charge is -2.05. The van der Waals surface area contributed by atoms with Gasteiger partial charge in [-0.2, -0.15) is 0 Å². The Labute approximate surface area is 97.3 Å². The topological polar surface area (TPSA) is 17.0 Å². The van der Waals surface area contributed by atoms with Crippen LogP contribution in [0.5, 0.6) is 0 Å². The molecule has 1 aromatic heterocycles. The van der Waals surface area contributed by atoms with Crippen LogP contribution in [0.25, 0.3) is 10.9 Å². The maximum atomic E-state index is 3.21. The van der Waals surface area contributed by atoms with Gasteiger partial charge in [0.1, 0.15) is 0 Å². The van der Waals surface area contributed by atoms with E-state index in [2.05, 4.69) is 49.0 Å².